The zero-order chi connectivity index (χ0) is 28.3. The molecule has 1 aliphatic carbocycles. The minimum atomic E-state index is -3.93. The monoisotopic (exact) mass is 545 g/mol. The molecule has 2 aromatic rings. The number of ether oxygens (including phenoxy) is 3. The van der Waals surface area contributed by atoms with E-state index in [1.807, 2.05) is 19.9 Å². The smallest absolute Gasteiger partial charge is 0.243 e. The number of benzene rings is 1. The average Bonchev–Trinajstić information content (AvgIpc) is 3.25. The topological polar surface area (TPSA) is 117 Å². The Morgan fingerprint density at radius 3 is 2.29 bits per heavy atom. The van der Waals surface area contributed by atoms with E-state index in [1.165, 1.54) is 14.2 Å². The van der Waals surface area contributed by atoms with Gasteiger partial charge < -0.3 is 14.2 Å². The lowest BCUT2D eigenvalue weighted by Crippen LogP contribution is -2.48. The van der Waals surface area contributed by atoms with Gasteiger partial charge in [0.15, 0.2) is 5.82 Å². The van der Waals surface area contributed by atoms with Gasteiger partial charge in [-0.3, -0.25) is 14.3 Å². The van der Waals surface area contributed by atoms with Crippen LogP contribution in [0.1, 0.15) is 53.3 Å². The number of para-hydroxylation sites is 1. The molecule has 0 amide bonds. The Hall–Kier alpha value is -3.18. The highest BCUT2D eigenvalue weighted by Gasteiger charge is 2.45. The largest absolute Gasteiger partial charge is 0.494 e. The Kier molecular flexibility index (Phi) is 9.04. The van der Waals surface area contributed by atoms with Gasteiger partial charge in [0.1, 0.15) is 22.4 Å². The average molecular weight is 546 g/mol. The molecule has 2 atom stereocenters. The van der Waals surface area contributed by atoms with Gasteiger partial charge in [-0.05, 0) is 74.9 Å². The quantitative estimate of drug-likeness (QED) is 0.299. The zero-order valence-corrected chi connectivity index (χ0v) is 24.3. The highest BCUT2D eigenvalue weighted by Crippen LogP contribution is 2.48. The first-order valence-corrected chi connectivity index (χ1v) is 14.0. The van der Waals surface area contributed by atoms with E-state index in [2.05, 4.69) is 40.5 Å². The second-order valence-electron chi connectivity index (χ2n) is 10.5. The van der Waals surface area contributed by atoms with Crippen molar-refractivity contribution >= 4 is 28.3 Å². The summed E-state index contributed by atoms with van der Waals surface area (Å²) in [7, 11) is 0.690. The van der Waals surface area contributed by atoms with Crippen LogP contribution in [0.15, 0.2) is 41.0 Å². The number of hydrogen-bond acceptors (Lipinski definition) is 8. The fourth-order valence-corrected chi connectivity index (χ4v) is 6.47. The van der Waals surface area contributed by atoms with Gasteiger partial charge in [-0.1, -0.05) is 26.0 Å². The maximum Gasteiger partial charge on any atom is 0.243 e. The number of anilines is 1. The second-order valence-corrected chi connectivity index (χ2v) is 12.5. The van der Waals surface area contributed by atoms with Crippen LogP contribution in [0.2, 0.25) is 0 Å². The number of methoxy groups -OCH3 is 3. The van der Waals surface area contributed by atoms with Gasteiger partial charge in [-0.25, -0.2) is 8.42 Å². The first-order chi connectivity index (χ1) is 17.9. The first kappa shape index (κ1) is 29.4. The molecular weight excluding hydrogens is 506 g/mol. The zero-order valence-electron chi connectivity index (χ0n) is 23.5. The van der Waals surface area contributed by atoms with E-state index >= 15 is 0 Å². The highest BCUT2D eigenvalue weighted by atomic mass is 32.2. The van der Waals surface area contributed by atoms with Crippen LogP contribution in [-0.4, -0.2) is 62.6 Å². The number of rotatable bonds is 12. The van der Waals surface area contributed by atoms with Crippen molar-refractivity contribution in [1.82, 2.24) is 14.8 Å². The van der Waals surface area contributed by atoms with Crippen molar-refractivity contribution in [2.24, 2.45) is 16.3 Å². The summed E-state index contributed by atoms with van der Waals surface area (Å²) >= 11 is 0. The van der Waals surface area contributed by atoms with Crippen molar-refractivity contribution in [3.8, 4) is 17.2 Å². The summed E-state index contributed by atoms with van der Waals surface area (Å²) in [6, 6.07) is 5.30. The first-order valence-electron chi connectivity index (χ1n) is 12.4. The predicted octanol–water partition coefficient (Wildman–Crippen LogP) is 4.87. The van der Waals surface area contributed by atoms with Crippen LogP contribution in [0.4, 0.5) is 5.95 Å². The SMILES string of the molecule is C=N/C=C(C)\C=C(/C)c1nnc(NS(=O)(=O)[C@@H](C)[C@H](OC)C2CC(C)(C)C2)n1-c1c(OC)cccc1OC. The molecule has 3 rings (SSSR count). The van der Waals surface area contributed by atoms with Crippen molar-refractivity contribution < 1.29 is 22.6 Å². The lowest BCUT2D eigenvalue weighted by molar-refractivity contribution is -0.0367. The van der Waals surface area contributed by atoms with Gasteiger partial charge in [0, 0.05) is 13.3 Å². The molecule has 0 unspecified atom stereocenters. The standard InChI is InChI=1S/C27H39N5O5S/c1-17(16-28-6)13-18(2)25-29-30-26(32(25)23-21(35-7)11-10-12-22(23)36-8)31-38(33,34)19(3)24(37-9)20-14-27(4,5)15-20/h10-13,16,19-20,24H,6,14-15H2,1-5,7-9H3,(H,30,31)/b17-16-,18-13+/t19-,24-/m0/s1. The molecule has 1 saturated carbocycles. The summed E-state index contributed by atoms with van der Waals surface area (Å²) in [6.07, 6.45) is 4.82. The maximum absolute atomic E-state index is 13.7. The van der Waals surface area contributed by atoms with Gasteiger partial charge in [-0.2, -0.15) is 0 Å². The molecule has 11 heteroatoms. The minimum Gasteiger partial charge on any atom is -0.494 e. The molecule has 1 aromatic carbocycles. The van der Waals surface area contributed by atoms with Crippen LogP contribution in [0.5, 0.6) is 11.5 Å². The Labute approximate surface area is 225 Å². The molecule has 1 aromatic heterocycles. The van der Waals surface area contributed by atoms with Crippen LogP contribution in [0, 0.1) is 11.3 Å². The number of aliphatic imine (C=N–C) groups is 1. The number of hydrogen-bond donors (Lipinski definition) is 1. The number of aromatic nitrogens is 3. The third-order valence-corrected chi connectivity index (χ3v) is 8.65. The summed E-state index contributed by atoms with van der Waals surface area (Å²) in [6.45, 7) is 13.2. The Bertz CT molecular complexity index is 1300. The summed E-state index contributed by atoms with van der Waals surface area (Å²) in [4.78, 5) is 3.81. The molecule has 0 bridgehead atoms. The lowest BCUT2D eigenvalue weighted by atomic mass is 9.62. The van der Waals surface area contributed by atoms with Crippen LogP contribution < -0.4 is 14.2 Å². The van der Waals surface area contributed by atoms with Crippen molar-refractivity contribution in [2.75, 3.05) is 26.1 Å². The number of nitrogens with zero attached hydrogens (tertiary/aromatic N) is 4. The fourth-order valence-electron chi connectivity index (χ4n) is 5.21. The van der Waals surface area contributed by atoms with E-state index in [4.69, 9.17) is 14.2 Å². The van der Waals surface area contributed by atoms with Crippen LogP contribution in [-0.2, 0) is 14.8 Å². The van der Waals surface area contributed by atoms with E-state index in [-0.39, 0.29) is 17.3 Å². The molecule has 1 N–H and O–H groups in total. The van der Waals surface area contributed by atoms with Gasteiger partial charge in [0.25, 0.3) is 0 Å². The lowest BCUT2D eigenvalue weighted by Gasteiger charge is -2.47. The number of allylic oxidation sites excluding steroid dienone is 3. The molecular formula is C27H39N5O5S. The van der Waals surface area contributed by atoms with Gasteiger partial charge >= 0.3 is 0 Å². The Balaban J connectivity index is 2.12. The maximum atomic E-state index is 13.7. The third kappa shape index (κ3) is 6.10. The predicted molar refractivity (Wildman–Crippen MR) is 151 cm³/mol. The molecule has 38 heavy (non-hydrogen) atoms. The minimum absolute atomic E-state index is 0.00895. The summed E-state index contributed by atoms with van der Waals surface area (Å²) in [5, 5.41) is 7.76. The molecule has 1 aliphatic rings. The highest BCUT2D eigenvalue weighted by molar-refractivity contribution is 7.93. The summed E-state index contributed by atoms with van der Waals surface area (Å²) in [5.74, 6) is 1.48. The molecule has 0 radical (unpaired) electrons. The van der Waals surface area contributed by atoms with Crippen molar-refractivity contribution in [2.45, 2.75) is 58.8 Å². The normalized spacial score (nSPS) is 17.9. The molecule has 10 nitrogen and oxygen atoms in total. The second kappa shape index (κ2) is 11.7. The molecule has 1 heterocycles. The van der Waals surface area contributed by atoms with Gasteiger partial charge in [-0.15, -0.1) is 10.2 Å². The molecule has 0 spiro atoms. The van der Waals surface area contributed by atoms with Crippen LogP contribution in [0.25, 0.3) is 11.3 Å². The Morgan fingerprint density at radius 1 is 1.18 bits per heavy atom. The molecule has 208 valence electrons. The van der Waals surface area contributed by atoms with E-state index in [0.717, 1.165) is 18.4 Å². The van der Waals surface area contributed by atoms with E-state index < -0.39 is 21.4 Å². The van der Waals surface area contributed by atoms with Crippen molar-refractivity contribution in [3.63, 3.8) is 0 Å². The van der Waals surface area contributed by atoms with E-state index in [9.17, 15) is 8.42 Å². The molecule has 1 fully saturated rings. The number of sulfonamides is 1. The molecule has 0 saturated heterocycles. The summed E-state index contributed by atoms with van der Waals surface area (Å²) in [5.41, 5.74) is 2.20. The van der Waals surface area contributed by atoms with Gasteiger partial charge in [0.05, 0.1) is 20.3 Å². The molecule has 0 aliphatic heterocycles. The van der Waals surface area contributed by atoms with E-state index in [0.29, 0.717) is 28.6 Å². The van der Waals surface area contributed by atoms with Crippen LogP contribution >= 0.6 is 0 Å². The van der Waals surface area contributed by atoms with E-state index in [1.54, 1.807) is 43.0 Å². The van der Waals surface area contributed by atoms with Crippen LogP contribution in [0.3, 0.4) is 0 Å². The fraction of sp³-hybridized carbons (Fsp3) is 0.519. The third-order valence-electron chi connectivity index (χ3n) is 6.93. The van der Waals surface area contributed by atoms with Crippen molar-refractivity contribution in [3.05, 3.63) is 41.9 Å². The number of nitrogens with one attached hydrogen (secondary N) is 1. The van der Waals surface area contributed by atoms with Crippen molar-refractivity contribution in [1.29, 1.82) is 0 Å². The summed E-state index contributed by atoms with van der Waals surface area (Å²) < 4.78 is 48.5. The van der Waals surface area contributed by atoms with Gasteiger partial charge in [0.2, 0.25) is 16.0 Å². The Morgan fingerprint density at radius 2 is 1.79 bits per heavy atom.